The Hall–Kier alpha value is -2.63. The quantitative estimate of drug-likeness (QED) is 0.747. The molecule has 1 N–H and O–H groups in total. The van der Waals surface area contributed by atoms with Gasteiger partial charge in [0.25, 0.3) is 0 Å². The standard InChI is InChI=1S/C17H14F3NO2/c1-22-15-8-11-7-13(21-14(11)9-16(15)23-2)10-3-5-12(6-4-10)17(18,19)20/h3-9,21H,1-2H3. The van der Waals surface area contributed by atoms with Crippen LogP contribution in [0.1, 0.15) is 5.56 Å². The van der Waals surface area contributed by atoms with Crippen LogP contribution < -0.4 is 9.47 Å². The number of alkyl halides is 3. The molecule has 3 aromatic rings. The molecule has 0 aliphatic heterocycles. The van der Waals surface area contributed by atoms with E-state index in [0.29, 0.717) is 17.1 Å². The van der Waals surface area contributed by atoms with Gasteiger partial charge in [-0.1, -0.05) is 12.1 Å². The predicted octanol–water partition coefficient (Wildman–Crippen LogP) is 4.87. The van der Waals surface area contributed by atoms with Crippen molar-refractivity contribution < 1.29 is 22.6 Å². The van der Waals surface area contributed by atoms with Crippen LogP contribution in [0.2, 0.25) is 0 Å². The molecule has 120 valence electrons. The first-order chi connectivity index (χ1) is 10.9. The molecule has 0 saturated heterocycles. The van der Waals surface area contributed by atoms with Crippen molar-refractivity contribution in [3.05, 3.63) is 48.0 Å². The van der Waals surface area contributed by atoms with Gasteiger partial charge < -0.3 is 14.5 Å². The van der Waals surface area contributed by atoms with Gasteiger partial charge in [-0.25, -0.2) is 0 Å². The fraction of sp³-hybridized carbons (Fsp3) is 0.176. The largest absolute Gasteiger partial charge is 0.493 e. The highest BCUT2D eigenvalue weighted by Crippen LogP contribution is 2.35. The number of fused-ring (bicyclic) bond motifs is 1. The minimum Gasteiger partial charge on any atom is -0.493 e. The summed E-state index contributed by atoms with van der Waals surface area (Å²) in [4.78, 5) is 3.18. The summed E-state index contributed by atoms with van der Waals surface area (Å²) in [5.74, 6) is 1.18. The molecule has 0 saturated carbocycles. The van der Waals surface area contributed by atoms with E-state index in [9.17, 15) is 13.2 Å². The maximum absolute atomic E-state index is 12.6. The fourth-order valence-electron chi connectivity index (χ4n) is 2.45. The second-order valence-corrected chi connectivity index (χ2v) is 5.05. The zero-order chi connectivity index (χ0) is 16.6. The van der Waals surface area contributed by atoms with Gasteiger partial charge in [0.05, 0.1) is 19.8 Å². The first-order valence-electron chi connectivity index (χ1n) is 6.85. The van der Waals surface area contributed by atoms with Crippen molar-refractivity contribution in [1.82, 2.24) is 4.98 Å². The molecule has 3 nitrogen and oxygen atoms in total. The lowest BCUT2D eigenvalue weighted by Gasteiger charge is -2.07. The highest BCUT2D eigenvalue weighted by atomic mass is 19.4. The summed E-state index contributed by atoms with van der Waals surface area (Å²) in [6.07, 6.45) is -4.33. The molecule has 0 unspecified atom stereocenters. The van der Waals surface area contributed by atoms with Crippen LogP contribution >= 0.6 is 0 Å². The minimum absolute atomic E-state index is 0.584. The summed E-state index contributed by atoms with van der Waals surface area (Å²) < 4.78 is 48.4. The number of benzene rings is 2. The van der Waals surface area contributed by atoms with E-state index in [1.165, 1.54) is 12.1 Å². The number of hydrogen-bond acceptors (Lipinski definition) is 2. The number of rotatable bonds is 3. The molecule has 0 amide bonds. The monoisotopic (exact) mass is 321 g/mol. The van der Waals surface area contributed by atoms with Crippen LogP contribution in [0.15, 0.2) is 42.5 Å². The average Bonchev–Trinajstić information content (AvgIpc) is 2.95. The Morgan fingerprint density at radius 1 is 0.870 bits per heavy atom. The molecule has 2 aromatic carbocycles. The van der Waals surface area contributed by atoms with Crippen LogP contribution in [0, 0.1) is 0 Å². The normalized spacial score (nSPS) is 11.7. The molecule has 1 heterocycles. The minimum atomic E-state index is -4.33. The second-order valence-electron chi connectivity index (χ2n) is 5.05. The number of nitrogens with one attached hydrogen (secondary N) is 1. The number of hydrogen-bond donors (Lipinski definition) is 1. The van der Waals surface area contributed by atoms with Crippen molar-refractivity contribution in [3.8, 4) is 22.8 Å². The Bertz CT molecular complexity index is 794. The van der Waals surface area contributed by atoms with Gasteiger partial charge in [0.15, 0.2) is 11.5 Å². The smallest absolute Gasteiger partial charge is 0.416 e. The molecule has 6 heteroatoms. The van der Waals surface area contributed by atoms with Crippen LogP contribution in [0.4, 0.5) is 13.2 Å². The lowest BCUT2D eigenvalue weighted by molar-refractivity contribution is -0.137. The van der Waals surface area contributed by atoms with Crippen molar-refractivity contribution >= 4 is 10.9 Å². The number of ether oxygens (including phenoxy) is 2. The van der Waals surface area contributed by atoms with E-state index in [4.69, 9.17) is 9.47 Å². The van der Waals surface area contributed by atoms with Gasteiger partial charge in [-0.15, -0.1) is 0 Å². The van der Waals surface area contributed by atoms with Gasteiger partial charge in [-0.05, 0) is 29.8 Å². The van der Waals surface area contributed by atoms with Gasteiger partial charge in [0.1, 0.15) is 0 Å². The van der Waals surface area contributed by atoms with Crippen molar-refractivity contribution in [2.75, 3.05) is 14.2 Å². The van der Waals surface area contributed by atoms with E-state index in [0.717, 1.165) is 28.7 Å². The third-order valence-electron chi connectivity index (χ3n) is 3.65. The summed E-state index contributed by atoms with van der Waals surface area (Å²) in [5.41, 5.74) is 1.55. The van der Waals surface area contributed by atoms with E-state index in [2.05, 4.69) is 4.98 Å². The van der Waals surface area contributed by atoms with Crippen molar-refractivity contribution in [2.45, 2.75) is 6.18 Å². The zero-order valence-electron chi connectivity index (χ0n) is 12.5. The molecule has 1 aromatic heterocycles. The molecule has 0 aliphatic rings. The summed E-state index contributed by atoms with van der Waals surface area (Å²) in [6.45, 7) is 0. The number of aromatic amines is 1. The first kappa shape index (κ1) is 15.3. The Balaban J connectivity index is 2.03. The van der Waals surface area contributed by atoms with Gasteiger partial charge in [-0.2, -0.15) is 13.2 Å². The Morgan fingerprint density at radius 3 is 2.04 bits per heavy atom. The number of halogens is 3. The second kappa shape index (κ2) is 5.53. The molecule has 0 bridgehead atoms. The predicted molar refractivity (Wildman–Crippen MR) is 81.8 cm³/mol. The Kier molecular flexibility index (Phi) is 3.67. The summed E-state index contributed by atoms with van der Waals surface area (Å²) in [6, 6.07) is 10.5. The van der Waals surface area contributed by atoms with Gasteiger partial charge in [0, 0.05) is 22.7 Å². The molecule has 3 rings (SSSR count). The average molecular weight is 321 g/mol. The number of H-pyrrole nitrogens is 1. The highest BCUT2D eigenvalue weighted by molar-refractivity contribution is 5.88. The van der Waals surface area contributed by atoms with E-state index in [1.54, 1.807) is 20.3 Å². The third-order valence-corrected chi connectivity index (χ3v) is 3.65. The Labute approximate surface area is 130 Å². The zero-order valence-corrected chi connectivity index (χ0v) is 12.5. The van der Waals surface area contributed by atoms with Crippen LogP contribution in [-0.4, -0.2) is 19.2 Å². The maximum Gasteiger partial charge on any atom is 0.416 e. The summed E-state index contributed by atoms with van der Waals surface area (Å²) in [7, 11) is 3.09. The van der Waals surface area contributed by atoms with Crippen LogP contribution in [0.25, 0.3) is 22.2 Å². The van der Waals surface area contributed by atoms with Crippen LogP contribution in [0.3, 0.4) is 0 Å². The van der Waals surface area contributed by atoms with Crippen molar-refractivity contribution in [3.63, 3.8) is 0 Å². The molecule has 0 atom stereocenters. The molecular formula is C17H14F3NO2. The van der Waals surface area contributed by atoms with Gasteiger partial charge in [-0.3, -0.25) is 0 Å². The highest BCUT2D eigenvalue weighted by Gasteiger charge is 2.30. The third kappa shape index (κ3) is 2.84. The molecule has 23 heavy (non-hydrogen) atoms. The van der Waals surface area contributed by atoms with E-state index in [-0.39, 0.29) is 0 Å². The number of methoxy groups -OCH3 is 2. The molecular weight excluding hydrogens is 307 g/mol. The topological polar surface area (TPSA) is 34.2 Å². The summed E-state index contributed by atoms with van der Waals surface area (Å²) in [5, 5.41) is 0.887. The van der Waals surface area contributed by atoms with E-state index < -0.39 is 11.7 Å². The Morgan fingerprint density at radius 2 is 1.48 bits per heavy atom. The van der Waals surface area contributed by atoms with Gasteiger partial charge >= 0.3 is 6.18 Å². The van der Waals surface area contributed by atoms with E-state index in [1.807, 2.05) is 12.1 Å². The molecule has 0 aliphatic carbocycles. The maximum atomic E-state index is 12.6. The number of aromatic nitrogens is 1. The molecule has 0 fully saturated rings. The lowest BCUT2D eigenvalue weighted by Crippen LogP contribution is -2.03. The first-order valence-corrected chi connectivity index (χ1v) is 6.85. The van der Waals surface area contributed by atoms with Crippen molar-refractivity contribution in [1.29, 1.82) is 0 Å². The summed E-state index contributed by atoms with van der Waals surface area (Å²) >= 11 is 0. The molecule has 0 radical (unpaired) electrons. The molecule has 0 spiro atoms. The van der Waals surface area contributed by atoms with E-state index >= 15 is 0 Å². The van der Waals surface area contributed by atoms with Crippen molar-refractivity contribution in [2.24, 2.45) is 0 Å². The SMILES string of the molecule is COc1cc2cc(-c3ccc(C(F)(F)F)cc3)[nH]c2cc1OC. The van der Waals surface area contributed by atoms with Crippen LogP contribution in [0.5, 0.6) is 11.5 Å². The van der Waals surface area contributed by atoms with Gasteiger partial charge in [0.2, 0.25) is 0 Å². The fourth-order valence-corrected chi connectivity index (χ4v) is 2.45. The lowest BCUT2D eigenvalue weighted by atomic mass is 10.1. The van der Waals surface area contributed by atoms with Crippen LogP contribution in [-0.2, 0) is 6.18 Å².